The molecule has 2 aliphatic carbocycles. The van der Waals surface area contributed by atoms with Crippen molar-refractivity contribution in [3.63, 3.8) is 0 Å². The average Bonchev–Trinajstić information content (AvgIpc) is 1.81. The molecule has 0 aromatic carbocycles. The van der Waals surface area contributed by atoms with E-state index in [0.717, 1.165) is 0 Å². The lowest BCUT2D eigenvalue weighted by Gasteiger charge is -2.46. The zero-order valence-electron chi connectivity index (χ0n) is 8.31. The SMILES string of the molecule is CC1=CC2(C)C=C(C)C2C(C)=C1. The van der Waals surface area contributed by atoms with Crippen molar-refractivity contribution in [3.8, 4) is 0 Å². The number of hydrogen-bond acceptors (Lipinski definition) is 0. The van der Waals surface area contributed by atoms with E-state index in [1.807, 2.05) is 0 Å². The van der Waals surface area contributed by atoms with E-state index in [-0.39, 0.29) is 0 Å². The molecule has 0 heterocycles. The second kappa shape index (κ2) is 2.12. The van der Waals surface area contributed by atoms with Gasteiger partial charge in [0.25, 0.3) is 0 Å². The molecule has 0 spiro atoms. The monoisotopic (exact) mass is 160 g/mol. The van der Waals surface area contributed by atoms with E-state index in [2.05, 4.69) is 45.9 Å². The Hall–Kier alpha value is -0.780. The van der Waals surface area contributed by atoms with Crippen LogP contribution < -0.4 is 0 Å². The average molecular weight is 160 g/mol. The lowest BCUT2D eigenvalue weighted by molar-refractivity contribution is 0.356. The van der Waals surface area contributed by atoms with Gasteiger partial charge >= 0.3 is 0 Å². The molecule has 0 aliphatic heterocycles. The van der Waals surface area contributed by atoms with Gasteiger partial charge in [-0.3, -0.25) is 0 Å². The van der Waals surface area contributed by atoms with E-state index in [9.17, 15) is 0 Å². The molecule has 12 heavy (non-hydrogen) atoms. The summed E-state index contributed by atoms with van der Waals surface area (Å²) in [6.45, 7) is 8.99. The summed E-state index contributed by atoms with van der Waals surface area (Å²) in [4.78, 5) is 0. The van der Waals surface area contributed by atoms with E-state index in [0.29, 0.717) is 11.3 Å². The molecular weight excluding hydrogens is 144 g/mol. The second-order valence-corrected chi connectivity index (χ2v) is 4.46. The van der Waals surface area contributed by atoms with E-state index < -0.39 is 0 Å². The van der Waals surface area contributed by atoms with Crippen molar-refractivity contribution in [1.82, 2.24) is 0 Å². The van der Waals surface area contributed by atoms with Gasteiger partial charge in [0.1, 0.15) is 0 Å². The number of fused-ring (bicyclic) bond motifs is 1. The molecular formula is C12H16. The third kappa shape index (κ3) is 0.841. The molecule has 0 saturated carbocycles. The maximum Gasteiger partial charge on any atom is 0.0144 e. The fraction of sp³-hybridized carbons (Fsp3) is 0.500. The molecule has 0 atom stereocenters. The first-order chi connectivity index (χ1) is 5.53. The Balaban J connectivity index is 2.48. The van der Waals surface area contributed by atoms with Gasteiger partial charge in [-0.25, -0.2) is 0 Å². The molecule has 0 aromatic heterocycles. The zero-order chi connectivity index (χ0) is 8.93. The normalized spacial score (nSPS) is 39.0. The van der Waals surface area contributed by atoms with Crippen LogP contribution in [0.25, 0.3) is 0 Å². The van der Waals surface area contributed by atoms with Crippen molar-refractivity contribution in [2.75, 3.05) is 0 Å². The summed E-state index contributed by atoms with van der Waals surface area (Å²) in [6, 6.07) is 0. The summed E-state index contributed by atoms with van der Waals surface area (Å²) in [7, 11) is 0. The first-order valence-corrected chi connectivity index (χ1v) is 4.60. The Bertz CT molecular complexity index is 315. The Labute approximate surface area is 74.7 Å². The maximum absolute atomic E-state index is 2.39. The van der Waals surface area contributed by atoms with Gasteiger partial charge in [-0.05, 0) is 20.8 Å². The summed E-state index contributed by atoms with van der Waals surface area (Å²) in [5.74, 6) is 0.696. The van der Waals surface area contributed by atoms with Crippen LogP contribution >= 0.6 is 0 Å². The van der Waals surface area contributed by atoms with E-state index in [1.165, 1.54) is 16.7 Å². The highest BCUT2D eigenvalue weighted by Gasteiger charge is 2.41. The van der Waals surface area contributed by atoms with Crippen LogP contribution in [0.15, 0.2) is 34.9 Å². The minimum absolute atomic E-state index is 0.340. The highest BCUT2D eigenvalue weighted by atomic mass is 14.4. The lowest BCUT2D eigenvalue weighted by atomic mass is 9.58. The molecule has 0 N–H and O–H groups in total. The van der Waals surface area contributed by atoms with Gasteiger partial charge < -0.3 is 0 Å². The van der Waals surface area contributed by atoms with Crippen LogP contribution in [-0.4, -0.2) is 0 Å². The Morgan fingerprint density at radius 1 is 1.08 bits per heavy atom. The fourth-order valence-electron chi connectivity index (χ4n) is 3.00. The summed E-state index contributed by atoms with van der Waals surface area (Å²) in [6.07, 6.45) is 7.08. The molecule has 0 unspecified atom stereocenters. The van der Waals surface area contributed by atoms with Gasteiger partial charge in [0.2, 0.25) is 0 Å². The maximum atomic E-state index is 2.39. The van der Waals surface area contributed by atoms with Gasteiger partial charge in [-0.15, -0.1) is 0 Å². The fourth-order valence-corrected chi connectivity index (χ4v) is 3.00. The number of rotatable bonds is 0. The van der Waals surface area contributed by atoms with Crippen LogP contribution in [-0.2, 0) is 0 Å². The van der Waals surface area contributed by atoms with Crippen molar-refractivity contribution in [1.29, 1.82) is 0 Å². The molecule has 0 saturated heterocycles. The first kappa shape index (κ1) is 7.85. The van der Waals surface area contributed by atoms with Gasteiger partial charge in [0.05, 0.1) is 0 Å². The minimum atomic E-state index is 0.340. The van der Waals surface area contributed by atoms with Crippen LogP contribution in [0.2, 0.25) is 0 Å². The summed E-state index contributed by atoms with van der Waals surface area (Å²) < 4.78 is 0. The van der Waals surface area contributed by atoms with Gasteiger partial charge in [0.15, 0.2) is 0 Å². The van der Waals surface area contributed by atoms with E-state index in [1.54, 1.807) is 0 Å². The predicted molar refractivity (Wildman–Crippen MR) is 52.9 cm³/mol. The lowest BCUT2D eigenvalue weighted by Crippen LogP contribution is -2.36. The van der Waals surface area contributed by atoms with Gasteiger partial charge in [-0.1, -0.05) is 41.9 Å². The largest absolute Gasteiger partial charge is 0.0743 e. The standard InChI is InChI=1S/C12H16/c1-8-5-9(2)11-10(3)7-12(11,4)6-8/h5-7,11H,1-4H3. The van der Waals surface area contributed by atoms with Crippen LogP contribution in [0.1, 0.15) is 27.7 Å². The zero-order valence-corrected chi connectivity index (χ0v) is 8.31. The van der Waals surface area contributed by atoms with Crippen molar-refractivity contribution in [2.24, 2.45) is 11.3 Å². The highest BCUT2D eigenvalue weighted by Crippen LogP contribution is 2.52. The Morgan fingerprint density at radius 2 is 1.75 bits per heavy atom. The van der Waals surface area contributed by atoms with Crippen LogP contribution in [0.4, 0.5) is 0 Å². The third-order valence-electron chi connectivity index (χ3n) is 3.07. The van der Waals surface area contributed by atoms with Crippen molar-refractivity contribution in [2.45, 2.75) is 27.7 Å². The molecule has 0 bridgehead atoms. The Morgan fingerprint density at radius 3 is 2.25 bits per heavy atom. The van der Waals surface area contributed by atoms with E-state index in [4.69, 9.17) is 0 Å². The third-order valence-corrected chi connectivity index (χ3v) is 3.07. The summed E-state index contributed by atoms with van der Waals surface area (Å²) in [5, 5.41) is 0. The second-order valence-electron chi connectivity index (χ2n) is 4.46. The van der Waals surface area contributed by atoms with Gasteiger partial charge in [0, 0.05) is 11.3 Å². The molecule has 2 rings (SSSR count). The molecule has 0 nitrogen and oxygen atoms in total. The molecule has 0 fully saturated rings. The molecule has 0 amide bonds. The highest BCUT2D eigenvalue weighted by molar-refractivity contribution is 5.46. The summed E-state index contributed by atoms with van der Waals surface area (Å²) >= 11 is 0. The first-order valence-electron chi connectivity index (χ1n) is 4.60. The number of hydrogen-bond donors (Lipinski definition) is 0. The molecule has 2 aliphatic rings. The molecule has 64 valence electrons. The van der Waals surface area contributed by atoms with Gasteiger partial charge in [-0.2, -0.15) is 0 Å². The van der Waals surface area contributed by atoms with E-state index >= 15 is 0 Å². The molecule has 0 heteroatoms. The van der Waals surface area contributed by atoms with Crippen molar-refractivity contribution >= 4 is 0 Å². The smallest absolute Gasteiger partial charge is 0.0144 e. The predicted octanol–water partition coefficient (Wildman–Crippen LogP) is 3.48. The van der Waals surface area contributed by atoms with Crippen LogP contribution in [0, 0.1) is 11.3 Å². The van der Waals surface area contributed by atoms with Crippen LogP contribution in [0.3, 0.4) is 0 Å². The molecule has 0 aromatic rings. The van der Waals surface area contributed by atoms with Crippen molar-refractivity contribution < 1.29 is 0 Å². The minimum Gasteiger partial charge on any atom is -0.0743 e. The topological polar surface area (TPSA) is 0 Å². The number of allylic oxidation sites excluding steroid dienone is 6. The van der Waals surface area contributed by atoms with Crippen molar-refractivity contribution in [3.05, 3.63) is 34.9 Å². The molecule has 0 radical (unpaired) electrons. The van der Waals surface area contributed by atoms with Crippen LogP contribution in [0.5, 0.6) is 0 Å². The quantitative estimate of drug-likeness (QED) is 0.476. The Kier molecular flexibility index (Phi) is 1.39. The summed E-state index contributed by atoms with van der Waals surface area (Å²) in [5.41, 5.74) is 4.81.